The molecule has 0 aliphatic heterocycles. The largest absolute Gasteiger partial charge is 0.349 e. The Morgan fingerprint density at radius 3 is 2.21 bits per heavy atom. The Hall–Kier alpha value is -1.91. The van der Waals surface area contributed by atoms with Crippen LogP contribution in [0.3, 0.4) is 0 Å². The number of hydrogen-bond acceptors (Lipinski definition) is 4. The van der Waals surface area contributed by atoms with Crippen LogP contribution in [-0.2, 0) is 10.0 Å². The van der Waals surface area contributed by atoms with E-state index in [1.807, 2.05) is 6.07 Å². The summed E-state index contributed by atoms with van der Waals surface area (Å²) in [6.07, 6.45) is 7.92. The molecule has 0 heterocycles. The maximum absolute atomic E-state index is 12.8. The second-order valence-electron chi connectivity index (χ2n) is 9.31. The van der Waals surface area contributed by atoms with Gasteiger partial charge in [0.2, 0.25) is 10.0 Å². The fourth-order valence-corrected chi connectivity index (χ4v) is 7.28. The van der Waals surface area contributed by atoms with Gasteiger partial charge >= 0.3 is 0 Å². The van der Waals surface area contributed by atoms with Gasteiger partial charge in [0.1, 0.15) is 0 Å². The minimum absolute atomic E-state index is 0.0731. The van der Waals surface area contributed by atoms with E-state index in [9.17, 15) is 13.2 Å². The second kappa shape index (κ2) is 7.73. The number of nitrogens with one attached hydrogen (secondary N) is 2. The van der Waals surface area contributed by atoms with E-state index in [-0.39, 0.29) is 35.2 Å². The first-order chi connectivity index (χ1) is 13.8. The maximum Gasteiger partial charge on any atom is 0.251 e. The monoisotopic (exact) mass is 415 g/mol. The van der Waals surface area contributed by atoms with Gasteiger partial charge in [0.05, 0.1) is 11.0 Å². The van der Waals surface area contributed by atoms with Gasteiger partial charge in [-0.25, -0.2) is 13.1 Å². The molecule has 4 saturated carbocycles. The normalized spacial score (nSPS) is 31.2. The van der Waals surface area contributed by atoms with E-state index in [1.165, 1.54) is 50.7 Å². The Balaban J connectivity index is 1.41. The fourth-order valence-electron chi connectivity index (χ4n) is 6.25. The van der Waals surface area contributed by atoms with Crippen molar-refractivity contribution in [2.75, 3.05) is 6.54 Å². The maximum atomic E-state index is 12.8. The van der Waals surface area contributed by atoms with Crippen molar-refractivity contribution in [1.82, 2.24) is 10.0 Å². The summed E-state index contributed by atoms with van der Waals surface area (Å²) in [6, 6.07) is 8.02. The van der Waals surface area contributed by atoms with Crippen molar-refractivity contribution in [3.8, 4) is 6.07 Å². The number of sulfonamides is 1. The van der Waals surface area contributed by atoms with E-state index in [1.54, 1.807) is 12.1 Å². The number of carbonyl (C=O) groups is 1. The molecule has 29 heavy (non-hydrogen) atoms. The summed E-state index contributed by atoms with van der Waals surface area (Å²) < 4.78 is 26.8. The van der Waals surface area contributed by atoms with E-state index in [0.29, 0.717) is 5.56 Å². The number of amides is 1. The fraction of sp³-hybridized carbons (Fsp3) is 0.636. The molecular weight excluding hydrogens is 386 g/mol. The van der Waals surface area contributed by atoms with Gasteiger partial charge in [-0.05, 0) is 92.9 Å². The van der Waals surface area contributed by atoms with Crippen LogP contribution in [-0.4, -0.2) is 26.9 Å². The highest BCUT2D eigenvalue weighted by atomic mass is 32.2. The average molecular weight is 416 g/mol. The number of nitriles is 1. The molecular formula is C22H29N3O3S. The third-order valence-electron chi connectivity index (χ3n) is 7.31. The van der Waals surface area contributed by atoms with Crippen LogP contribution in [0.1, 0.15) is 62.2 Å². The molecule has 2 N–H and O–H groups in total. The lowest BCUT2D eigenvalue weighted by Gasteiger charge is -2.59. The molecule has 0 aromatic heterocycles. The highest BCUT2D eigenvalue weighted by Gasteiger charge is 2.53. The van der Waals surface area contributed by atoms with Gasteiger partial charge in [-0.15, -0.1) is 0 Å². The highest BCUT2D eigenvalue weighted by molar-refractivity contribution is 7.89. The van der Waals surface area contributed by atoms with E-state index in [2.05, 4.69) is 17.0 Å². The van der Waals surface area contributed by atoms with Crippen molar-refractivity contribution in [2.45, 2.75) is 62.8 Å². The average Bonchev–Trinajstić information content (AvgIpc) is 2.67. The number of rotatable bonds is 7. The van der Waals surface area contributed by atoms with Crippen molar-refractivity contribution in [1.29, 1.82) is 5.26 Å². The van der Waals surface area contributed by atoms with Gasteiger partial charge in [-0.1, -0.05) is 0 Å². The molecule has 1 amide bonds. The summed E-state index contributed by atoms with van der Waals surface area (Å²) in [7, 11) is -3.66. The van der Waals surface area contributed by atoms with Gasteiger partial charge < -0.3 is 5.32 Å². The Morgan fingerprint density at radius 2 is 1.69 bits per heavy atom. The Bertz CT molecular complexity index is 882. The van der Waals surface area contributed by atoms with Crippen molar-refractivity contribution >= 4 is 15.9 Å². The van der Waals surface area contributed by atoms with Gasteiger partial charge in [0, 0.05) is 24.6 Å². The summed E-state index contributed by atoms with van der Waals surface area (Å²) in [6.45, 7) is 2.21. The van der Waals surface area contributed by atoms with Crippen LogP contribution in [0.15, 0.2) is 29.2 Å². The summed E-state index contributed by atoms with van der Waals surface area (Å²) in [5.74, 6) is 2.35. The van der Waals surface area contributed by atoms with Crippen molar-refractivity contribution in [3.05, 3.63) is 29.8 Å². The standard InChI is InChI=1S/C22H29N3O3S/c1-15(22-12-16-9-17(13-22)11-18(10-16)14-22)25-21(26)19-3-5-20(6-4-19)29(27,28)24-8-2-7-23/h3-6,15-18,24H,2,8-14H2,1H3,(H,25,26). The molecule has 0 spiro atoms. The third kappa shape index (κ3) is 4.06. The lowest BCUT2D eigenvalue weighted by atomic mass is 9.48. The van der Waals surface area contributed by atoms with Crippen molar-refractivity contribution in [2.24, 2.45) is 23.2 Å². The zero-order chi connectivity index (χ0) is 20.6. The Labute approximate surface area is 173 Å². The predicted molar refractivity (Wildman–Crippen MR) is 109 cm³/mol. The lowest BCUT2D eigenvalue weighted by Crippen LogP contribution is -2.55. The molecule has 5 rings (SSSR count). The molecule has 0 saturated heterocycles. The molecule has 4 aliphatic rings. The van der Waals surface area contributed by atoms with E-state index in [4.69, 9.17) is 5.26 Å². The zero-order valence-corrected chi connectivity index (χ0v) is 17.7. The van der Waals surface area contributed by atoms with Crippen LogP contribution >= 0.6 is 0 Å². The predicted octanol–water partition coefficient (Wildman–Crippen LogP) is 3.21. The lowest BCUT2D eigenvalue weighted by molar-refractivity contribution is -0.0688. The third-order valence-corrected chi connectivity index (χ3v) is 8.78. The molecule has 0 radical (unpaired) electrons. The summed E-state index contributed by atoms with van der Waals surface area (Å²) in [4.78, 5) is 12.9. The Kier molecular flexibility index (Phi) is 5.43. The van der Waals surface area contributed by atoms with Crippen LogP contribution in [0.2, 0.25) is 0 Å². The molecule has 1 atom stereocenters. The van der Waals surface area contributed by atoms with Crippen LogP contribution in [0.5, 0.6) is 0 Å². The molecule has 1 unspecified atom stereocenters. The molecule has 156 valence electrons. The first-order valence-electron chi connectivity index (χ1n) is 10.6. The van der Waals surface area contributed by atoms with Gasteiger partial charge in [0.15, 0.2) is 0 Å². The molecule has 1 aromatic carbocycles. The van der Waals surface area contributed by atoms with E-state index >= 15 is 0 Å². The smallest absolute Gasteiger partial charge is 0.251 e. The van der Waals surface area contributed by atoms with Gasteiger partial charge in [0.25, 0.3) is 5.91 Å². The minimum Gasteiger partial charge on any atom is -0.349 e. The number of nitrogens with zero attached hydrogens (tertiary/aromatic N) is 1. The summed E-state index contributed by atoms with van der Waals surface area (Å²) >= 11 is 0. The summed E-state index contributed by atoms with van der Waals surface area (Å²) in [5.41, 5.74) is 0.704. The summed E-state index contributed by atoms with van der Waals surface area (Å²) in [5, 5.41) is 11.8. The van der Waals surface area contributed by atoms with Crippen LogP contribution in [0, 0.1) is 34.5 Å². The van der Waals surface area contributed by atoms with Crippen molar-refractivity contribution < 1.29 is 13.2 Å². The molecule has 7 heteroatoms. The molecule has 4 fully saturated rings. The van der Waals surface area contributed by atoms with E-state index in [0.717, 1.165) is 17.8 Å². The topological polar surface area (TPSA) is 99.1 Å². The first-order valence-corrected chi connectivity index (χ1v) is 12.1. The molecule has 4 bridgehead atoms. The minimum atomic E-state index is -3.66. The number of carbonyl (C=O) groups excluding carboxylic acids is 1. The quantitative estimate of drug-likeness (QED) is 0.668. The van der Waals surface area contributed by atoms with Gasteiger partial charge in [-0.2, -0.15) is 5.26 Å². The first kappa shape index (κ1) is 20.4. The Morgan fingerprint density at radius 1 is 1.14 bits per heavy atom. The van der Waals surface area contributed by atoms with Crippen LogP contribution in [0.4, 0.5) is 0 Å². The molecule has 6 nitrogen and oxygen atoms in total. The highest BCUT2D eigenvalue weighted by Crippen LogP contribution is 2.61. The molecule has 4 aliphatic carbocycles. The second-order valence-corrected chi connectivity index (χ2v) is 11.1. The van der Waals surface area contributed by atoms with Crippen molar-refractivity contribution in [3.63, 3.8) is 0 Å². The number of hydrogen-bond donors (Lipinski definition) is 2. The zero-order valence-electron chi connectivity index (χ0n) is 16.9. The van der Waals surface area contributed by atoms with Crippen LogP contribution in [0.25, 0.3) is 0 Å². The van der Waals surface area contributed by atoms with Gasteiger partial charge in [-0.3, -0.25) is 4.79 Å². The number of benzene rings is 1. The molecule has 1 aromatic rings. The van der Waals surface area contributed by atoms with Crippen LogP contribution < -0.4 is 10.0 Å². The van der Waals surface area contributed by atoms with E-state index < -0.39 is 10.0 Å². The SMILES string of the molecule is CC(NC(=O)c1ccc(S(=O)(=O)NCCC#N)cc1)C12CC3CC(CC(C3)C1)C2.